The zero-order chi connectivity index (χ0) is 26.8. The van der Waals surface area contributed by atoms with Crippen LogP contribution in [0.15, 0.2) is 70.4 Å². The zero-order valence-electron chi connectivity index (χ0n) is 21.1. The third kappa shape index (κ3) is 5.03. The van der Waals surface area contributed by atoms with E-state index < -0.39 is 11.9 Å². The number of aromatic nitrogens is 2. The van der Waals surface area contributed by atoms with Gasteiger partial charge in [-0.05, 0) is 31.9 Å². The molecule has 2 aromatic carbocycles. The van der Waals surface area contributed by atoms with Crippen LogP contribution in [0.4, 0.5) is 5.00 Å². The molecule has 0 radical (unpaired) electrons. The molecule has 192 valence electrons. The molecule has 5 aromatic rings. The van der Waals surface area contributed by atoms with Gasteiger partial charge in [0.25, 0.3) is 5.56 Å². The first-order chi connectivity index (χ1) is 18.4. The van der Waals surface area contributed by atoms with Crippen LogP contribution in [-0.4, -0.2) is 28.0 Å². The van der Waals surface area contributed by atoms with Crippen LogP contribution < -0.4 is 10.9 Å². The van der Waals surface area contributed by atoms with Crippen molar-refractivity contribution in [3.63, 3.8) is 0 Å². The number of carbonyl (C=O) groups excluding carboxylic acids is 2. The van der Waals surface area contributed by atoms with Gasteiger partial charge in [-0.15, -0.1) is 22.7 Å². The number of fused-ring (bicyclic) bond motifs is 1. The lowest BCUT2D eigenvalue weighted by atomic mass is 10.0. The Labute approximate surface area is 227 Å². The van der Waals surface area contributed by atoms with Crippen molar-refractivity contribution in [2.75, 3.05) is 11.9 Å². The number of hydrogen-bond donors (Lipinski definition) is 1. The van der Waals surface area contributed by atoms with Gasteiger partial charge in [0.15, 0.2) is 0 Å². The summed E-state index contributed by atoms with van der Waals surface area (Å²) >= 11 is 2.64. The third-order valence-electron chi connectivity index (χ3n) is 6.12. The van der Waals surface area contributed by atoms with Gasteiger partial charge >= 0.3 is 5.97 Å². The molecule has 0 aliphatic heterocycles. The van der Waals surface area contributed by atoms with E-state index in [9.17, 15) is 14.4 Å². The summed E-state index contributed by atoms with van der Waals surface area (Å²) in [5, 5.41) is 7.42. The summed E-state index contributed by atoms with van der Waals surface area (Å²) in [7, 11) is 0. The van der Waals surface area contributed by atoms with Crippen LogP contribution >= 0.6 is 22.7 Å². The molecule has 0 bridgehead atoms. The summed E-state index contributed by atoms with van der Waals surface area (Å²) in [6.07, 6.45) is 1.39. The van der Waals surface area contributed by atoms with E-state index in [1.807, 2.05) is 73.1 Å². The number of carbonyl (C=O) groups is 2. The van der Waals surface area contributed by atoms with Crippen molar-refractivity contribution in [3.8, 4) is 22.3 Å². The number of aryl methyl sites for hydroxylation is 2. The van der Waals surface area contributed by atoms with Crippen molar-refractivity contribution in [3.05, 3.63) is 92.7 Å². The highest BCUT2D eigenvalue weighted by Crippen LogP contribution is 2.36. The lowest BCUT2D eigenvalue weighted by Gasteiger charge is -2.10. The highest BCUT2D eigenvalue weighted by atomic mass is 32.1. The van der Waals surface area contributed by atoms with E-state index >= 15 is 0 Å². The number of ether oxygens (including phenoxy) is 1. The van der Waals surface area contributed by atoms with Crippen LogP contribution in [-0.2, 0) is 16.1 Å². The summed E-state index contributed by atoms with van der Waals surface area (Å²) in [5.74, 6) is -0.955. The van der Waals surface area contributed by atoms with Gasteiger partial charge < -0.3 is 10.1 Å². The molecule has 0 atom stereocenters. The van der Waals surface area contributed by atoms with E-state index in [2.05, 4.69) is 10.3 Å². The molecule has 7 nitrogen and oxygen atoms in total. The van der Waals surface area contributed by atoms with Crippen LogP contribution in [0.2, 0.25) is 0 Å². The number of thiophene rings is 2. The minimum absolute atomic E-state index is 0.209. The smallest absolute Gasteiger partial charge is 0.341 e. The average Bonchev–Trinajstić information content (AvgIpc) is 3.52. The van der Waals surface area contributed by atoms with Gasteiger partial charge in [0.2, 0.25) is 5.91 Å². The van der Waals surface area contributed by atoms with Gasteiger partial charge in [0, 0.05) is 21.9 Å². The van der Waals surface area contributed by atoms with E-state index in [1.165, 1.54) is 33.6 Å². The molecule has 0 fully saturated rings. The Morgan fingerprint density at radius 1 is 0.921 bits per heavy atom. The van der Waals surface area contributed by atoms with E-state index in [1.54, 1.807) is 6.92 Å². The van der Waals surface area contributed by atoms with Crippen molar-refractivity contribution in [2.45, 2.75) is 27.3 Å². The van der Waals surface area contributed by atoms with E-state index in [0.717, 1.165) is 27.8 Å². The van der Waals surface area contributed by atoms with Gasteiger partial charge in [-0.2, -0.15) is 0 Å². The summed E-state index contributed by atoms with van der Waals surface area (Å²) < 4.78 is 6.58. The molecule has 9 heteroatoms. The standard InChI is InChI=1S/C29H25N3O4S2/c1-4-36-29(35)25-22(20-11-7-18(3)8-12-20)15-38-27(25)31-23(33)13-32-16-30-26-24(28(32)34)21(14-37-26)19-9-5-17(2)6-10-19/h5-12,14-16H,4,13H2,1-3H3,(H,31,33). The summed E-state index contributed by atoms with van der Waals surface area (Å²) in [6.45, 7) is 5.70. The van der Waals surface area contributed by atoms with Gasteiger partial charge in [-0.3, -0.25) is 14.2 Å². The predicted octanol–water partition coefficient (Wildman–Crippen LogP) is 6.29. The number of benzene rings is 2. The molecule has 3 heterocycles. The lowest BCUT2D eigenvalue weighted by molar-refractivity contribution is -0.116. The number of amides is 1. The zero-order valence-corrected chi connectivity index (χ0v) is 22.7. The van der Waals surface area contributed by atoms with E-state index in [0.29, 0.717) is 26.3 Å². The number of esters is 1. The molecule has 0 aliphatic carbocycles. The lowest BCUT2D eigenvalue weighted by Crippen LogP contribution is -2.28. The molecule has 38 heavy (non-hydrogen) atoms. The largest absolute Gasteiger partial charge is 0.462 e. The first-order valence-corrected chi connectivity index (χ1v) is 13.8. The molecule has 1 amide bonds. The van der Waals surface area contributed by atoms with Crippen LogP contribution in [0.1, 0.15) is 28.4 Å². The quantitative estimate of drug-likeness (QED) is 0.244. The Hall–Kier alpha value is -4.08. The molecule has 0 spiro atoms. The molecule has 0 unspecified atom stereocenters. The predicted molar refractivity (Wildman–Crippen MR) is 153 cm³/mol. The SMILES string of the molecule is CCOC(=O)c1c(-c2ccc(C)cc2)csc1NC(=O)Cn1cnc2scc(-c3ccc(C)cc3)c2c1=O. The van der Waals surface area contributed by atoms with Gasteiger partial charge in [-0.25, -0.2) is 9.78 Å². The fourth-order valence-electron chi connectivity index (χ4n) is 4.15. The molecule has 3 aromatic heterocycles. The Morgan fingerprint density at radius 3 is 2.16 bits per heavy atom. The minimum Gasteiger partial charge on any atom is -0.462 e. The van der Waals surface area contributed by atoms with Crippen molar-refractivity contribution in [1.29, 1.82) is 0 Å². The number of hydrogen-bond acceptors (Lipinski definition) is 7. The van der Waals surface area contributed by atoms with Crippen LogP contribution in [0.25, 0.3) is 32.5 Å². The maximum Gasteiger partial charge on any atom is 0.341 e. The second-order valence-corrected chi connectivity index (χ2v) is 10.6. The van der Waals surface area contributed by atoms with Crippen molar-refractivity contribution < 1.29 is 14.3 Å². The summed E-state index contributed by atoms with van der Waals surface area (Å²) in [5.41, 5.74) is 5.48. The van der Waals surface area contributed by atoms with Gasteiger partial charge in [0.05, 0.1) is 18.3 Å². The second-order valence-electron chi connectivity index (χ2n) is 8.86. The van der Waals surface area contributed by atoms with Crippen molar-refractivity contribution >= 4 is 49.8 Å². The fourth-order valence-corrected chi connectivity index (χ4v) is 6.03. The average molecular weight is 544 g/mol. The van der Waals surface area contributed by atoms with Gasteiger partial charge in [0.1, 0.15) is 21.9 Å². The molecule has 1 N–H and O–H groups in total. The second kappa shape index (κ2) is 10.7. The normalized spacial score (nSPS) is 11.0. The highest BCUT2D eigenvalue weighted by Gasteiger charge is 2.23. The maximum absolute atomic E-state index is 13.4. The van der Waals surface area contributed by atoms with Gasteiger partial charge in [-0.1, -0.05) is 59.7 Å². The number of rotatable bonds is 7. The van der Waals surface area contributed by atoms with Crippen LogP contribution in [0, 0.1) is 13.8 Å². The monoisotopic (exact) mass is 543 g/mol. The Kier molecular flexibility index (Phi) is 7.22. The molecule has 0 saturated heterocycles. The summed E-state index contributed by atoms with van der Waals surface area (Å²) in [6, 6.07) is 15.7. The fraction of sp³-hybridized carbons (Fsp3) is 0.172. The van der Waals surface area contributed by atoms with E-state index in [4.69, 9.17) is 4.74 Å². The molecular formula is C29H25N3O4S2. The highest BCUT2D eigenvalue weighted by molar-refractivity contribution is 7.17. The van der Waals surface area contributed by atoms with Crippen molar-refractivity contribution in [2.24, 2.45) is 0 Å². The minimum atomic E-state index is -0.513. The Morgan fingerprint density at radius 2 is 1.53 bits per heavy atom. The molecular weight excluding hydrogens is 518 g/mol. The first-order valence-electron chi connectivity index (χ1n) is 12.0. The maximum atomic E-state index is 13.4. The first kappa shape index (κ1) is 25.6. The molecule has 5 rings (SSSR count). The number of anilines is 1. The van der Waals surface area contributed by atoms with Crippen LogP contribution in [0.3, 0.4) is 0 Å². The topological polar surface area (TPSA) is 90.3 Å². The van der Waals surface area contributed by atoms with E-state index in [-0.39, 0.29) is 18.7 Å². The van der Waals surface area contributed by atoms with Crippen LogP contribution in [0.5, 0.6) is 0 Å². The van der Waals surface area contributed by atoms with Crippen molar-refractivity contribution in [1.82, 2.24) is 9.55 Å². The Bertz CT molecular complexity index is 1700. The summed E-state index contributed by atoms with van der Waals surface area (Å²) in [4.78, 5) is 44.4. The number of nitrogens with zero attached hydrogens (tertiary/aromatic N) is 2. The Balaban J connectivity index is 1.44. The number of nitrogens with one attached hydrogen (secondary N) is 1. The third-order valence-corrected chi connectivity index (χ3v) is 7.91. The molecule has 0 aliphatic rings. The molecule has 0 saturated carbocycles.